The molecule has 0 spiro atoms. The van der Waals surface area contributed by atoms with Crippen LogP contribution in [0.3, 0.4) is 0 Å². The number of benzene rings is 6. The summed E-state index contributed by atoms with van der Waals surface area (Å²) < 4.78 is 11.1. The zero-order valence-corrected chi connectivity index (χ0v) is 28.9. The van der Waals surface area contributed by atoms with Crippen LogP contribution in [0.5, 0.6) is 11.5 Å². The molecule has 0 atom stereocenters. The molecule has 244 valence electrons. The van der Waals surface area contributed by atoms with Gasteiger partial charge in [-0.1, -0.05) is 66.7 Å². The molecule has 10 aromatic rings. The lowest BCUT2D eigenvalue weighted by Crippen LogP contribution is -1.96. The van der Waals surface area contributed by atoms with Crippen LogP contribution >= 0.6 is 0 Å². The van der Waals surface area contributed by atoms with Crippen molar-refractivity contribution in [2.75, 3.05) is 0 Å². The number of para-hydroxylation sites is 1. The van der Waals surface area contributed by atoms with E-state index in [4.69, 9.17) is 14.7 Å². The Morgan fingerprint density at radius 2 is 1.00 bits per heavy atom. The van der Waals surface area contributed by atoms with Crippen LogP contribution < -0.4 is 4.74 Å². The van der Waals surface area contributed by atoms with Crippen molar-refractivity contribution in [1.29, 1.82) is 0 Å². The molecule has 0 N–H and O–H groups in total. The maximum Gasteiger partial charge on any atom is 0.145 e. The molecule has 5 heteroatoms. The van der Waals surface area contributed by atoms with Crippen LogP contribution in [0.25, 0.3) is 76.9 Å². The first-order valence-electron chi connectivity index (χ1n) is 17.4. The Hall–Kier alpha value is -6.46. The number of aromatic nitrogens is 4. The Balaban J connectivity index is 1.14. The molecular formula is C46H34N4O. The minimum atomic E-state index is 0.758. The Kier molecular flexibility index (Phi) is 6.37. The van der Waals surface area contributed by atoms with Gasteiger partial charge in [-0.15, -0.1) is 0 Å². The molecule has 0 bridgehead atoms. The fourth-order valence-corrected chi connectivity index (χ4v) is 8.45. The van der Waals surface area contributed by atoms with Crippen LogP contribution in [0.4, 0.5) is 0 Å². The molecule has 0 aliphatic rings. The number of rotatable bonds is 4. The van der Waals surface area contributed by atoms with Gasteiger partial charge in [-0.05, 0) is 120 Å². The number of aryl methyl sites for hydroxylation is 4. The first kappa shape index (κ1) is 29.5. The molecule has 51 heavy (non-hydrogen) atoms. The molecule has 4 aromatic heterocycles. The molecule has 0 fully saturated rings. The quantitative estimate of drug-likeness (QED) is 0.177. The lowest BCUT2D eigenvalue weighted by Gasteiger charge is -2.17. The van der Waals surface area contributed by atoms with Crippen molar-refractivity contribution in [2.45, 2.75) is 27.7 Å². The van der Waals surface area contributed by atoms with Crippen molar-refractivity contribution >= 4 is 54.6 Å². The van der Waals surface area contributed by atoms with E-state index in [-0.39, 0.29) is 0 Å². The normalized spacial score (nSPS) is 11.9. The zero-order valence-electron chi connectivity index (χ0n) is 28.9. The Morgan fingerprint density at radius 1 is 0.471 bits per heavy atom. The number of nitrogens with zero attached hydrogens (tertiary/aromatic N) is 4. The molecule has 6 aromatic carbocycles. The SMILES string of the molecule is Cc1cccc(C)c1-c1cccc2c1c1ccc(Oc3ccc4c(c3)c3nccn3c3c(-c5c(C)cccc5C)cccc43)cc1c1nccn21. The Morgan fingerprint density at radius 3 is 1.69 bits per heavy atom. The van der Waals surface area contributed by atoms with Crippen molar-refractivity contribution in [3.63, 3.8) is 0 Å². The minimum Gasteiger partial charge on any atom is -0.457 e. The number of ether oxygens (including phenoxy) is 1. The molecule has 0 saturated carbocycles. The van der Waals surface area contributed by atoms with Gasteiger partial charge in [0.1, 0.15) is 22.8 Å². The van der Waals surface area contributed by atoms with Gasteiger partial charge in [0.05, 0.1) is 11.0 Å². The van der Waals surface area contributed by atoms with Crippen molar-refractivity contribution in [1.82, 2.24) is 18.8 Å². The van der Waals surface area contributed by atoms with E-state index in [2.05, 4.69) is 152 Å². The lowest BCUT2D eigenvalue weighted by atomic mass is 9.91. The Labute approximate surface area is 295 Å². The van der Waals surface area contributed by atoms with E-state index in [1.54, 1.807) is 0 Å². The molecule has 10 rings (SSSR count). The van der Waals surface area contributed by atoms with E-state index < -0.39 is 0 Å². The number of fused-ring (bicyclic) bond motifs is 12. The highest BCUT2D eigenvalue weighted by atomic mass is 16.5. The standard InChI is InChI=1S/C46H34N4O/c1-27-9-5-10-28(2)41(27)36-14-8-16-40-43(36)34-20-18-32(26-39(34)45-47-21-23-49(40)45)51-31-17-19-33-35-13-7-15-37(42-29(3)11-6-12-30(42)4)44(35)50-24-22-48-46(50)38(33)25-31/h5-26H,1-4H3. The van der Waals surface area contributed by atoms with Gasteiger partial charge in [-0.3, -0.25) is 8.80 Å². The van der Waals surface area contributed by atoms with Crippen LogP contribution in [0.15, 0.2) is 134 Å². The third-order valence-electron chi connectivity index (χ3n) is 10.6. The summed E-state index contributed by atoms with van der Waals surface area (Å²) in [5.74, 6) is 1.52. The predicted molar refractivity (Wildman–Crippen MR) is 210 cm³/mol. The lowest BCUT2D eigenvalue weighted by molar-refractivity contribution is 0.484. The second-order valence-electron chi connectivity index (χ2n) is 13.7. The largest absolute Gasteiger partial charge is 0.457 e. The van der Waals surface area contributed by atoms with Gasteiger partial charge in [-0.2, -0.15) is 0 Å². The summed E-state index contributed by atoms with van der Waals surface area (Å²) in [4.78, 5) is 9.68. The summed E-state index contributed by atoms with van der Waals surface area (Å²) in [6.07, 6.45) is 7.88. The molecule has 0 saturated heterocycles. The number of hydrogen-bond donors (Lipinski definition) is 0. The summed E-state index contributed by atoms with van der Waals surface area (Å²) in [6, 6.07) is 39.0. The number of pyridine rings is 2. The summed E-state index contributed by atoms with van der Waals surface area (Å²) >= 11 is 0. The second kappa shape index (κ2) is 11.0. The summed E-state index contributed by atoms with van der Waals surface area (Å²) in [5, 5.41) is 6.78. The van der Waals surface area contributed by atoms with Gasteiger partial charge >= 0.3 is 0 Å². The van der Waals surface area contributed by atoms with E-state index in [1.807, 2.05) is 18.6 Å². The van der Waals surface area contributed by atoms with Crippen molar-refractivity contribution in [2.24, 2.45) is 0 Å². The molecular weight excluding hydrogens is 625 g/mol. The average Bonchev–Trinajstić information content (AvgIpc) is 3.83. The highest BCUT2D eigenvalue weighted by molar-refractivity contribution is 6.18. The highest BCUT2D eigenvalue weighted by Crippen LogP contribution is 2.42. The molecule has 5 nitrogen and oxygen atoms in total. The van der Waals surface area contributed by atoms with Crippen LogP contribution in [-0.4, -0.2) is 18.8 Å². The monoisotopic (exact) mass is 658 g/mol. The molecule has 4 heterocycles. The first-order chi connectivity index (χ1) is 25.0. The van der Waals surface area contributed by atoms with Crippen LogP contribution in [-0.2, 0) is 0 Å². The maximum absolute atomic E-state index is 6.67. The van der Waals surface area contributed by atoms with Crippen LogP contribution in [0, 0.1) is 27.7 Å². The minimum absolute atomic E-state index is 0.758. The Bertz CT molecular complexity index is 3020. The van der Waals surface area contributed by atoms with E-state index in [1.165, 1.54) is 55.3 Å². The fraction of sp³-hybridized carbons (Fsp3) is 0.0870. The third kappa shape index (κ3) is 4.34. The van der Waals surface area contributed by atoms with Gasteiger partial charge in [0.25, 0.3) is 0 Å². The number of hydrogen-bond acceptors (Lipinski definition) is 3. The van der Waals surface area contributed by atoms with Gasteiger partial charge in [0.15, 0.2) is 0 Å². The zero-order chi connectivity index (χ0) is 34.4. The smallest absolute Gasteiger partial charge is 0.145 e. The van der Waals surface area contributed by atoms with Crippen LogP contribution in [0.1, 0.15) is 22.3 Å². The van der Waals surface area contributed by atoms with E-state index >= 15 is 0 Å². The van der Waals surface area contributed by atoms with Gasteiger partial charge in [0, 0.05) is 51.9 Å². The fourth-order valence-electron chi connectivity index (χ4n) is 8.45. The maximum atomic E-state index is 6.67. The molecule has 0 radical (unpaired) electrons. The topological polar surface area (TPSA) is 43.8 Å². The molecule has 0 unspecified atom stereocenters. The number of imidazole rings is 2. The molecule has 0 amide bonds. The van der Waals surface area contributed by atoms with Gasteiger partial charge < -0.3 is 4.74 Å². The summed E-state index contributed by atoms with van der Waals surface area (Å²) in [7, 11) is 0. The summed E-state index contributed by atoms with van der Waals surface area (Å²) in [6.45, 7) is 8.76. The third-order valence-corrected chi connectivity index (χ3v) is 10.6. The predicted octanol–water partition coefficient (Wildman–Crippen LogP) is 12.0. The van der Waals surface area contributed by atoms with Crippen molar-refractivity contribution in [3.8, 4) is 33.8 Å². The highest BCUT2D eigenvalue weighted by Gasteiger charge is 2.19. The van der Waals surface area contributed by atoms with E-state index in [0.717, 1.165) is 55.4 Å². The van der Waals surface area contributed by atoms with Crippen molar-refractivity contribution in [3.05, 3.63) is 156 Å². The summed E-state index contributed by atoms with van der Waals surface area (Å²) in [5.41, 5.74) is 14.1. The van der Waals surface area contributed by atoms with E-state index in [0.29, 0.717) is 0 Å². The van der Waals surface area contributed by atoms with Crippen molar-refractivity contribution < 1.29 is 4.74 Å². The van der Waals surface area contributed by atoms with Gasteiger partial charge in [0.2, 0.25) is 0 Å². The first-order valence-corrected chi connectivity index (χ1v) is 17.4. The molecule has 0 aliphatic heterocycles. The molecule has 0 aliphatic carbocycles. The van der Waals surface area contributed by atoms with Crippen LogP contribution in [0.2, 0.25) is 0 Å². The van der Waals surface area contributed by atoms with E-state index in [9.17, 15) is 0 Å². The average molecular weight is 659 g/mol. The van der Waals surface area contributed by atoms with Gasteiger partial charge in [-0.25, -0.2) is 9.97 Å². The second-order valence-corrected chi connectivity index (χ2v) is 13.7.